The minimum atomic E-state index is -2.04. The number of alkyl halides is 2. The van der Waals surface area contributed by atoms with Crippen LogP contribution in [0.1, 0.15) is 35.4 Å². The lowest BCUT2D eigenvalue weighted by Gasteiger charge is -2.50. The van der Waals surface area contributed by atoms with E-state index in [0.29, 0.717) is 28.0 Å². The lowest BCUT2D eigenvalue weighted by molar-refractivity contribution is -0.125. The van der Waals surface area contributed by atoms with Crippen LogP contribution >= 0.6 is 39.1 Å². The molecule has 3 aromatic carbocycles. The fraction of sp³-hybridized carbons (Fsp3) is 0.294. The van der Waals surface area contributed by atoms with E-state index >= 15 is 0 Å². The van der Waals surface area contributed by atoms with Crippen LogP contribution in [0.15, 0.2) is 76.8 Å². The van der Waals surface area contributed by atoms with Crippen molar-refractivity contribution in [3.8, 4) is 5.75 Å². The summed E-state index contributed by atoms with van der Waals surface area (Å²) in [5, 5.41) is 10.6. The maximum atomic E-state index is 14.5. The highest BCUT2D eigenvalue weighted by atomic mass is 79.9. The number of hydrogen-bond acceptors (Lipinski definition) is 5. The molecule has 6 unspecified atom stereocenters. The van der Waals surface area contributed by atoms with Crippen LogP contribution in [0, 0.1) is 37.4 Å². The highest BCUT2D eigenvalue weighted by molar-refractivity contribution is 9.10. The van der Waals surface area contributed by atoms with Gasteiger partial charge in [0, 0.05) is 10.4 Å². The molecule has 45 heavy (non-hydrogen) atoms. The smallest absolute Gasteiger partial charge is 0.258 e. The van der Waals surface area contributed by atoms with Crippen LogP contribution < -0.4 is 9.80 Å². The molecule has 2 aliphatic heterocycles. The molecule has 2 saturated heterocycles. The Kier molecular flexibility index (Phi) is 6.86. The molecule has 1 saturated carbocycles. The van der Waals surface area contributed by atoms with E-state index in [9.17, 15) is 28.7 Å². The Morgan fingerprint density at radius 1 is 0.844 bits per heavy atom. The quantitative estimate of drug-likeness (QED) is 0.186. The SMILES string of the molecule is Cc1cc(C2C3=CCC4C(=O)N(c5ccc(Br)cc5)C(=O)C4C3CC3(Cl)C(=O)N(c4ccc(F)cc4)C(=O)C23Cl)cc(C)c1O. The summed E-state index contributed by atoms with van der Waals surface area (Å²) in [5.41, 5.74) is 2.79. The van der Waals surface area contributed by atoms with Gasteiger partial charge < -0.3 is 5.11 Å². The van der Waals surface area contributed by atoms with Crippen molar-refractivity contribution in [2.24, 2.45) is 17.8 Å². The standard InChI is InChI=1S/C34H26BrCl2FN2O5/c1-16-13-18(14-17(2)28(16)41)27-23-11-12-24-26(30(43)39(29(24)42)21-7-3-19(35)4-8-21)25(23)15-33(36)31(44)40(32(45)34(27,33)37)22-9-5-20(38)6-10-22/h3-11,13-14,24-27,41H,12,15H2,1-2H3. The van der Waals surface area contributed by atoms with Gasteiger partial charge >= 0.3 is 0 Å². The van der Waals surface area contributed by atoms with Crippen molar-refractivity contribution in [1.29, 1.82) is 0 Å². The molecule has 3 fully saturated rings. The van der Waals surface area contributed by atoms with Crippen molar-refractivity contribution >= 4 is 74.1 Å². The van der Waals surface area contributed by atoms with Gasteiger partial charge in [-0.15, -0.1) is 23.2 Å². The zero-order chi connectivity index (χ0) is 32.2. The number of phenols is 1. The predicted octanol–water partition coefficient (Wildman–Crippen LogP) is 6.68. The van der Waals surface area contributed by atoms with Gasteiger partial charge in [-0.05, 0) is 97.8 Å². The molecule has 0 radical (unpaired) electrons. The zero-order valence-electron chi connectivity index (χ0n) is 24.1. The fourth-order valence-corrected chi connectivity index (χ4v) is 8.97. The van der Waals surface area contributed by atoms with Crippen LogP contribution in [-0.4, -0.2) is 38.5 Å². The van der Waals surface area contributed by atoms with Crippen LogP contribution in [0.5, 0.6) is 5.75 Å². The van der Waals surface area contributed by atoms with Crippen LogP contribution in [0.3, 0.4) is 0 Å². The lowest BCUT2D eigenvalue weighted by atomic mass is 9.56. The Balaban J connectivity index is 1.41. The molecule has 230 valence electrons. The first-order chi connectivity index (χ1) is 21.3. The second kappa shape index (κ2) is 10.2. The van der Waals surface area contributed by atoms with E-state index in [1.54, 1.807) is 50.2 Å². The molecule has 11 heteroatoms. The molecule has 6 atom stereocenters. The van der Waals surface area contributed by atoms with Gasteiger partial charge in [-0.3, -0.25) is 24.1 Å². The first-order valence-corrected chi connectivity index (χ1v) is 16.0. The van der Waals surface area contributed by atoms with Crippen molar-refractivity contribution in [3.05, 3.63) is 99.3 Å². The largest absolute Gasteiger partial charge is 0.507 e. The van der Waals surface area contributed by atoms with E-state index in [0.717, 1.165) is 21.5 Å². The molecule has 2 heterocycles. The number of anilines is 2. The number of phenolic OH excluding ortho intramolecular Hbond substituents is 1. The van der Waals surface area contributed by atoms with Crippen LogP contribution in [0.4, 0.5) is 15.8 Å². The number of aromatic hydroxyl groups is 1. The van der Waals surface area contributed by atoms with Crippen molar-refractivity contribution in [2.75, 3.05) is 9.80 Å². The van der Waals surface area contributed by atoms with Gasteiger partial charge in [-0.2, -0.15) is 0 Å². The third-order valence-electron chi connectivity index (χ3n) is 9.83. The molecule has 2 aliphatic carbocycles. The van der Waals surface area contributed by atoms with Crippen molar-refractivity contribution in [1.82, 2.24) is 0 Å². The molecule has 0 spiro atoms. The van der Waals surface area contributed by atoms with Gasteiger partial charge in [0.1, 0.15) is 11.6 Å². The number of benzene rings is 3. The minimum Gasteiger partial charge on any atom is -0.507 e. The summed E-state index contributed by atoms with van der Waals surface area (Å²) in [7, 11) is 0. The summed E-state index contributed by atoms with van der Waals surface area (Å²) in [4.78, 5) is 54.7. The van der Waals surface area contributed by atoms with Gasteiger partial charge in [-0.25, -0.2) is 9.29 Å². The third-order valence-corrected chi connectivity index (χ3v) is 11.8. The van der Waals surface area contributed by atoms with Crippen LogP contribution in [0.2, 0.25) is 0 Å². The maximum Gasteiger partial charge on any atom is 0.258 e. The molecule has 0 bridgehead atoms. The van der Waals surface area contributed by atoms with Gasteiger partial charge in [0.2, 0.25) is 11.8 Å². The molecule has 0 aromatic heterocycles. The second-order valence-electron chi connectivity index (χ2n) is 12.2. The van der Waals surface area contributed by atoms with Gasteiger partial charge in [0.05, 0.1) is 23.2 Å². The number of amides is 4. The molecule has 1 N–H and O–H groups in total. The van der Waals surface area contributed by atoms with Crippen molar-refractivity contribution < 1.29 is 28.7 Å². The lowest BCUT2D eigenvalue weighted by Crippen LogP contribution is -2.60. The van der Waals surface area contributed by atoms with Gasteiger partial charge in [0.25, 0.3) is 11.8 Å². The third kappa shape index (κ3) is 4.06. The number of aryl methyl sites for hydroxylation is 2. The Labute approximate surface area is 276 Å². The first-order valence-electron chi connectivity index (χ1n) is 14.5. The Morgan fingerprint density at radius 2 is 1.42 bits per heavy atom. The maximum absolute atomic E-state index is 14.5. The summed E-state index contributed by atoms with van der Waals surface area (Å²) < 4.78 is 14.6. The van der Waals surface area contributed by atoms with E-state index in [-0.39, 0.29) is 30.2 Å². The monoisotopic (exact) mass is 710 g/mol. The molecule has 4 amide bonds. The summed E-state index contributed by atoms with van der Waals surface area (Å²) in [6.07, 6.45) is 1.92. The average molecular weight is 712 g/mol. The number of allylic oxidation sites excluding steroid dienone is 2. The van der Waals surface area contributed by atoms with Gasteiger partial charge in [0.15, 0.2) is 9.75 Å². The number of fused-ring (bicyclic) bond motifs is 4. The molecule has 7 nitrogen and oxygen atoms in total. The number of carbonyl (C=O) groups excluding carboxylic acids is 4. The Hall–Kier alpha value is -3.53. The number of rotatable bonds is 3. The normalized spacial score (nSPS) is 30.8. The second-order valence-corrected chi connectivity index (χ2v) is 14.4. The van der Waals surface area contributed by atoms with E-state index in [2.05, 4.69) is 15.9 Å². The summed E-state index contributed by atoms with van der Waals surface area (Å²) in [6, 6.07) is 15.2. The van der Waals surface area contributed by atoms with E-state index in [1.807, 2.05) is 6.08 Å². The Morgan fingerprint density at radius 3 is 2.04 bits per heavy atom. The predicted molar refractivity (Wildman–Crippen MR) is 171 cm³/mol. The summed E-state index contributed by atoms with van der Waals surface area (Å²) >= 11 is 18.2. The highest BCUT2D eigenvalue weighted by Crippen LogP contribution is 2.66. The number of carbonyl (C=O) groups is 4. The molecule has 3 aromatic rings. The summed E-state index contributed by atoms with van der Waals surface area (Å²) in [5.74, 6) is -6.00. The van der Waals surface area contributed by atoms with Crippen molar-refractivity contribution in [2.45, 2.75) is 42.4 Å². The highest BCUT2D eigenvalue weighted by Gasteiger charge is 2.76. The molecule has 7 rings (SSSR count). The molecule has 4 aliphatic rings. The number of hydrogen-bond donors (Lipinski definition) is 1. The number of nitrogens with zero attached hydrogens (tertiary/aromatic N) is 2. The Bertz CT molecular complexity index is 1840. The van der Waals surface area contributed by atoms with Crippen LogP contribution in [0.25, 0.3) is 0 Å². The molecular formula is C34H26BrCl2FN2O5. The van der Waals surface area contributed by atoms with E-state index in [1.165, 1.54) is 17.0 Å². The first kappa shape index (κ1) is 30.1. The van der Waals surface area contributed by atoms with Gasteiger partial charge in [-0.1, -0.05) is 39.7 Å². The molecular weight excluding hydrogens is 686 g/mol. The number of halogens is 4. The fourth-order valence-electron chi connectivity index (χ4n) is 7.77. The number of imide groups is 2. The van der Waals surface area contributed by atoms with E-state index in [4.69, 9.17) is 23.2 Å². The van der Waals surface area contributed by atoms with Crippen LogP contribution in [-0.2, 0) is 19.2 Å². The minimum absolute atomic E-state index is 0.0769. The zero-order valence-corrected chi connectivity index (χ0v) is 27.2. The topological polar surface area (TPSA) is 95.0 Å². The van der Waals surface area contributed by atoms with E-state index < -0.39 is 57.0 Å². The van der Waals surface area contributed by atoms with Crippen molar-refractivity contribution in [3.63, 3.8) is 0 Å². The summed E-state index contributed by atoms with van der Waals surface area (Å²) in [6.45, 7) is 3.43. The average Bonchev–Trinajstić information content (AvgIpc) is 3.34.